The van der Waals surface area contributed by atoms with Gasteiger partial charge in [-0.3, -0.25) is 18.9 Å². The van der Waals surface area contributed by atoms with Crippen molar-refractivity contribution in [2.24, 2.45) is 5.73 Å². The molecule has 2 aromatic rings. The van der Waals surface area contributed by atoms with Crippen LogP contribution >= 0.6 is 15.9 Å². The minimum absolute atomic E-state index is 0.131. The van der Waals surface area contributed by atoms with E-state index in [4.69, 9.17) is 5.73 Å². The Morgan fingerprint density at radius 3 is 3.00 bits per heavy atom. The number of fused-ring (bicyclic) bond motifs is 1. The van der Waals surface area contributed by atoms with Crippen molar-refractivity contribution in [3.05, 3.63) is 44.9 Å². The Kier molecular flexibility index (Phi) is 4.26. The molecule has 0 bridgehead atoms. The number of nitrogens with two attached hydrogens (primary N) is 1. The van der Waals surface area contributed by atoms with Crippen LogP contribution < -0.4 is 11.3 Å². The lowest BCUT2D eigenvalue weighted by molar-refractivity contribution is -0.124. The number of halogens is 1. The molecule has 1 aliphatic rings. The zero-order valence-electron chi connectivity index (χ0n) is 12.0. The van der Waals surface area contributed by atoms with E-state index in [2.05, 4.69) is 20.9 Å². The topological polar surface area (TPSA) is 80.7 Å². The molecule has 1 atom stereocenters. The smallest absolute Gasteiger partial charge is 0.258 e. The normalized spacial score (nSPS) is 19.4. The maximum Gasteiger partial charge on any atom is 0.258 e. The molecule has 1 amide bonds. The van der Waals surface area contributed by atoms with Crippen molar-refractivity contribution in [1.82, 2.24) is 14.3 Å². The van der Waals surface area contributed by atoms with Crippen LogP contribution in [-0.4, -0.2) is 32.8 Å². The van der Waals surface area contributed by atoms with Crippen molar-refractivity contribution < 1.29 is 4.79 Å². The Bertz CT molecular complexity index is 774. The first-order chi connectivity index (χ1) is 10.5. The third-order valence-electron chi connectivity index (χ3n) is 3.98. The molecule has 2 N–H and O–H groups in total. The fourth-order valence-corrected chi connectivity index (χ4v) is 3.25. The van der Waals surface area contributed by atoms with E-state index in [0.29, 0.717) is 17.9 Å². The van der Waals surface area contributed by atoms with Crippen LogP contribution in [0.15, 0.2) is 33.7 Å². The standard InChI is InChI=1S/C15H17BrN4O2/c16-10-4-5-13-18-11(7-14(21)20(13)8-10)9-19-6-2-1-3-12(19)15(17)22/h4-5,7-8,12H,1-3,6,9H2,(H2,17,22)/t12-/m1/s1. The SMILES string of the molecule is NC(=O)[C@H]1CCCCN1Cc1cc(=O)n2cc(Br)ccc2n1. The number of aromatic nitrogens is 2. The van der Waals surface area contributed by atoms with Gasteiger partial charge in [-0.2, -0.15) is 0 Å². The first-order valence-corrected chi connectivity index (χ1v) is 8.05. The van der Waals surface area contributed by atoms with Crippen LogP contribution in [0.5, 0.6) is 0 Å². The van der Waals surface area contributed by atoms with Crippen molar-refractivity contribution in [1.29, 1.82) is 0 Å². The van der Waals surface area contributed by atoms with Crippen LogP contribution in [-0.2, 0) is 11.3 Å². The lowest BCUT2D eigenvalue weighted by Gasteiger charge is -2.33. The molecule has 2 aromatic heterocycles. The van der Waals surface area contributed by atoms with E-state index < -0.39 is 0 Å². The summed E-state index contributed by atoms with van der Waals surface area (Å²) in [4.78, 5) is 30.3. The number of rotatable bonds is 3. The second kappa shape index (κ2) is 6.18. The third-order valence-corrected chi connectivity index (χ3v) is 4.45. The van der Waals surface area contributed by atoms with Crippen molar-refractivity contribution >= 4 is 27.5 Å². The Labute approximate surface area is 136 Å². The largest absolute Gasteiger partial charge is 0.368 e. The van der Waals surface area contributed by atoms with Crippen LogP contribution in [0.1, 0.15) is 25.0 Å². The van der Waals surface area contributed by atoms with E-state index in [9.17, 15) is 9.59 Å². The number of hydrogen-bond donors (Lipinski definition) is 1. The van der Waals surface area contributed by atoms with E-state index in [1.54, 1.807) is 12.3 Å². The summed E-state index contributed by atoms with van der Waals surface area (Å²) in [5, 5.41) is 0. The number of hydrogen-bond acceptors (Lipinski definition) is 4. The van der Waals surface area contributed by atoms with Gasteiger partial charge >= 0.3 is 0 Å². The maximum atomic E-state index is 12.2. The summed E-state index contributed by atoms with van der Waals surface area (Å²) >= 11 is 3.34. The highest BCUT2D eigenvalue weighted by Gasteiger charge is 2.27. The van der Waals surface area contributed by atoms with Crippen molar-refractivity contribution in [2.75, 3.05) is 6.54 Å². The summed E-state index contributed by atoms with van der Waals surface area (Å²) in [6.45, 7) is 1.27. The molecule has 0 radical (unpaired) electrons. The number of pyridine rings is 1. The molecule has 0 saturated carbocycles. The van der Waals surface area contributed by atoms with Gasteiger partial charge in [0.15, 0.2) is 0 Å². The van der Waals surface area contributed by atoms with E-state index in [1.807, 2.05) is 11.0 Å². The van der Waals surface area contributed by atoms with Gasteiger partial charge in [0.25, 0.3) is 5.56 Å². The average molecular weight is 365 g/mol. The highest BCUT2D eigenvalue weighted by atomic mass is 79.9. The Hall–Kier alpha value is -1.73. The molecule has 1 aliphatic heterocycles. The molecule has 3 rings (SSSR count). The summed E-state index contributed by atoms with van der Waals surface area (Å²) in [5.74, 6) is -0.304. The van der Waals surface area contributed by atoms with Crippen LogP contribution in [0, 0.1) is 0 Å². The molecule has 116 valence electrons. The minimum Gasteiger partial charge on any atom is -0.368 e. The van der Waals surface area contributed by atoms with Gasteiger partial charge in [-0.05, 0) is 47.4 Å². The van der Waals surface area contributed by atoms with Gasteiger partial charge in [0.1, 0.15) is 5.65 Å². The van der Waals surface area contributed by atoms with Gasteiger partial charge in [-0.25, -0.2) is 4.98 Å². The van der Waals surface area contributed by atoms with E-state index in [-0.39, 0.29) is 17.5 Å². The van der Waals surface area contributed by atoms with Gasteiger partial charge in [-0.15, -0.1) is 0 Å². The second-order valence-corrected chi connectivity index (χ2v) is 6.46. The van der Waals surface area contributed by atoms with Crippen molar-refractivity contribution in [3.8, 4) is 0 Å². The monoisotopic (exact) mass is 364 g/mol. The highest BCUT2D eigenvalue weighted by molar-refractivity contribution is 9.10. The van der Waals surface area contributed by atoms with Gasteiger partial charge in [0.2, 0.25) is 5.91 Å². The molecule has 22 heavy (non-hydrogen) atoms. The molecule has 7 heteroatoms. The highest BCUT2D eigenvalue weighted by Crippen LogP contribution is 2.19. The molecule has 3 heterocycles. The minimum atomic E-state index is -0.304. The molecular formula is C15H17BrN4O2. The fraction of sp³-hybridized carbons (Fsp3) is 0.400. The molecule has 0 spiro atoms. The lowest BCUT2D eigenvalue weighted by atomic mass is 10.0. The summed E-state index contributed by atoms with van der Waals surface area (Å²) in [6.07, 6.45) is 4.51. The molecule has 1 saturated heterocycles. The zero-order valence-corrected chi connectivity index (χ0v) is 13.6. The number of nitrogens with zero attached hydrogens (tertiary/aromatic N) is 3. The van der Waals surface area contributed by atoms with Gasteiger partial charge in [0, 0.05) is 23.3 Å². The van der Waals surface area contributed by atoms with E-state index in [0.717, 1.165) is 30.3 Å². The molecule has 0 aromatic carbocycles. The number of carbonyl (C=O) groups excluding carboxylic acids is 1. The summed E-state index contributed by atoms with van der Waals surface area (Å²) in [7, 11) is 0. The number of likely N-dealkylation sites (tertiary alicyclic amines) is 1. The molecule has 0 unspecified atom stereocenters. The molecule has 0 aliphatic carbocycles. The van der Waals surface area contributed by atoms with Gasteiger partial charge in [0.05, 0.1) is 11.7 Å². The van der Waals surface area contributed by atoms with Crippen molar-refractivity contribution in [3.63, 3.8) is 0 Å². The first-order valence-electron chi connectivity index (χ1n) is 7.26. The summed E-state index contributed by atoms with van der Waals surface area (Å²) in [6, 6.07) is 4.89. The van der Waals surface area contributed by atoms with E-state index >= 15 is 0 Å². The lowest BCUT2D eigenvalue weighted by Crippen LogP contribution is -2.47. The second-order valence-electron chi connectivity index (χ2n) is 5.55. The Morgan fingerprint density at radius 1 is 1.41 bits per heavy atom. The fourth-order valence-electron chi connectivity index (χ4n) is 2.92. The summed E-state index contributed by atoms with van der Waals surface area (Å²) < 4.78 is 2.32. The zero-order chi connectivity index (χ0) is 15.7. The van der Waals surface area contributed by atoms with E-state index in [1.165, 1.54) is 10.5 Å². The van der Waals surface area contributed by atoms with Gasteiger partial charge < -0.3 is 5.73 Å². The third kappa shape index (κ3) is 3.05. The van der Waals surface area contributed by atoms with Crippen LogP contribution in [0.4, 0.5) is 0 Å². The Balaban J connectivity index is 1.92. The predicted molar refractivity (Wildman–Crippen MR) is 86.4 cm³/mol. The Morgan fingerprint density at radius 2 is 2.23 bits per heavy atom. The maximum absolute atomic E-state index is 12.2. The van der Waals surface area contributed by atoms with Crippen LogP contribution in [0.3, 0.4) is 0 Å². The number of amides is 1. The number of carbonyl (C=O) groups is 1. The van der Waals surface area contributed by atoms with Crippen molar-refractivity contribution in [2.45, 2.75) is 31.8 Å². The van der Waals surface area contributed by atoms with Crippen LogP contribution in [0.2, 0.25) is 0 Å². The quantitative estimate of drug-likeness (QED) is 0.889. The first kappa shape index (κ1) is 15.2. The van der Waals surface area contributed by atoms with Crippen LogP contribution in [0.25, 0.3) is 5.65 Å². The van der Waals surface area contributed by atoms with Gasteiger partial charge in [-0.1, -0.05) is 6.42 Å². The molecule has 1 fully saturated rings. The molecular weight excluding hydrogens is 348 g/mol. The average Bonchev–Trinajstić information content (AvgIpc) is 2.48. The predicted octanol–water partition coefficient (Wildman–Crippen LogP) is 1.30. The number of primary amides is 1. The number of piperidine rings is 1. The molecule has 6 nitrogen and oxygen atoms in total. The summed E-state index contributed by atoms with van der Waals surface area (Å²) in [5.41, 5.74) is 6.61.